The van der Waals surface area contributed by atoms with Gasteiger partial charge in [-0.15, -0.1) is 0 Å². The molecule has 0 spiro atoms. The van der Waals surface area contributed by atoms with Gasteiger partial charge in [-0.3, -0.25) is 4.79 Å². The smallest absolute Gasteiger partial charge is 0.257 e. The van der Waals surface area contributed by atoms with E-state index in [1.54, 1.807) is 0 Å². The molecule has 0 bridgehead atoms. The van der Waals surface area contributed by atoms with Crippen molar-refractivity contribution in [1.29, 1.82) is 0 Å². The minimum absolute atomic E-state index is 0.480. The highest BCUT2D eigenvalue weighted by molar-refractivity contribution is 9.09. The van der Waals surface area contributed by atoms with Crippen LogP contribution in [0, 0.1) is 11.6 Å². The van der Waals surface area contributed by atoms with Crippen molar-refractivity contribution in [2.45, 2.75) is 32.2 Å². The second-order valence-electron chi connectivity index (χ2n) is 4.17. The minimum atomic E-state index is -0.844. The summed E-state index contributed by atoms with van der Waals surface area (Å²) < 4.78 is 27.0. The molecular formula is C13H16BrF2NO. The Morgan fingerprint density at radius 1 is 1.28 bits per heavy atom. The van der Waals surface area contributed by atoms with Crippen LogP contribution < -0.4 is 5.32 Å². The van der Waals surface area contributed by atoms with Crippen molar-refractivity contribution in [3.63, 3.8) is 0 Å². The summed E-state index contributed by atoms with van der Waals surface area (Å²) in [5.74, 6) is -2.40. The number of halogens is 3. The first-order chi connectivity index (χ1) is 8.49. The molecule has 0 saturated carbocycles. The zero-order valence-corrected chi connectivity index (χ0v) is 12.0. The summed E-state index contributed by atoms with van der Waals surface area (Å²) in [4.78, 5) is 12.0. The van der Waals surface area contributed by atoms with Gasteiger partial charge in [-0.1, -0.05) is 35.8 Å². The molecule has 5 heteroatoms. The van der Waals surface area contributed by atoms with Crippen molar-refractivity contribution in [2.24, 2.45) is 0 Å². The molecule has 1 aromatic rings. The van der Waals surface area contributed by atoms with E-state index in [2.05, 4.69) is 21.2 Å². The first kappa shape index (κ1) is 15.1. The molecule has 0 aliphatic carbocycles. The summed E-state index contributed by atoms with van der Waals surface area (Å²) in [6.07, 6.45) is 1.35. The van der Waals surface area contributed by atoms with Crippen LogP contribution in [0.3, 0.4) is 0 Å². The molecule has 1 N–H and O–H groups in total. The summed E-state index contributed by atoms with van der Waals surface area (Å²) in [6, 6.07) is 3.39. The Kier molecular flexibility index (Phi) is 5.26. The number of hydrogen-bond donors (Lipinski definition) is 1. The predicted octanol–water partition coefficient (Wildman–Crippen LogP) is 3.65. The van der Waals surface area contributed by atoms with Gasteiger partial charge in [0.25, 0.3) is 5.91 Å². The summed E-state index contributed by atoms with van der Waals surface area (Å²) in [6.45, 7) is 3.84. The van der Waals surface area contributed by atoms with E-state index in [-0.39, 0.29) is 0 Å². The second-order valence-corrected chi connectivity index (χ2v) is 4.73. The first-order valence-electron chi connectivity index (χ1n) is 5.82. The number of amides is 1. The zero-order valence-electron chi connectivity index (χ0n) is 10.4. The average Bonchev–Trinajstić information content (AvgIpc) is 2.36. The molecule has 0 radical (unpaired) electrons. The lowest BCUT2D eigenvalue weighted by Gasteiger charge is -2.31. The molecule has 0 atom stereocenters. The van der Waals surface area contributed by atoms with E-state index < -0.39 is 28.6 Å². The van der Waals surface area contributed by atoms with Crippen molar-refractivity contribution in [2.75, 3.05) is 5.33 Å². The number of alkyl halides is 1. The SMILES string of the molecule is CCC(CC)(CBr)NC(=O)c1c(F)cccc1F. The number of benzene rings is 1. The number of rotatable bonds is 5. The highest BCUT2D eigenvalue weighted by Crippen LogP contribution is 2.20. The molecule has 100 valence electrons. The van der Waals surface area contributed by atoms with Gasteiger partial charge in [-0.25, -0.2) is 8.78 Å². The fourth-order valence-electron chi connectivity index (χ4n) is 1.67. The molecule has 2 nitrogen and oxygen atoms in total. The topological polar surface area (TPSA) is 29.1 Å². The molecule has 0 aliphatic heterocycles. The Morgan fingerprint density at radius 3 is 2.17 bits per heavy atom. The normalized spacial score (nSPS) is 11.4. The Hall–Kier alpha value is -0.970. The van der Waals surface area contributed by atoms with Gasteiger partial charge in [0, 0.05) is 10.9 Å². The van der Waals surface area contributed by atoms with Crippen LogP contribution in [0.25, 0.3) is 0 Å². The van der Waals surface area contributed by atoms with E-state index in [4.69, 9.17) is 0 Å². The molecule has 0 saturated heterocycles. The van der Waals surface area contributed by atoms with Gasteiger partial charge in [0.2, 0.25) is 0 Å². The lowest BCUT2D eigenvalue weighted by molar-refractivity contribution is 0.0895. The van der Waals surface area contributed by atoms with Gasteiger partial charge in [0.1, 0.15) is 17.2 Å². The van der Waals surface area contributed by atoms with Crippen molar-refractivity contribution in [1.82, 2.24) is 5.32 Å². The Labute approximate surface area is 114 Å². The quantitative estimate of drug-likeness (QED) is 0.825. The lowest BCUT2D eigenvalue weighted by atomic mass is 9.95. The molecule has 1 amide bonds. The fourth-order valence-corrected chi connectivity index (χ4v) is 2.60. The number of hydrogen-bond acceptors (Lipinski definition) is 1. The molecule has 0 aromatic heterocycles. The molecule has 18 heavy (non-hydrogen) atoms. The molecule has 0 aliphatic rings. The van der Waals surface area contributed by atoms with Gasteiger partial charge in [-0.2, -0.15) is 0 Å². The van der Waals surface area contributed by atoms with Gasteiger partial charge in [0.05, 0.1) is 0 Å². The molecular weight excluding hydrogens is 304 g/mol. The number of nitrogens with one attached hydrogen (secondary N) is 1. The monoisotopic (exact) mass is 319 g/mol. The fraction of sp³-hybridized carbons (Fsp3) is 0.462. The Bertz CT molecular complexity index is 404. The molecule has 0 heterocycles. The third-order valence-electron chi connectivity index (χ3n) is 3.18. The van der Waals surface area contributed by atoms with Gasteiger partial charge >= 0.3 is 0 Å². The molecule has 1 aromatic carbocycles. The minimum Gasteiger partial charge on any atom is -0.346 e. The van der Waals surface area contributed by atoms with Gasteiger partial charge in [-0.05, 0) is 25.0 Å². The summed E-state index contributed by atoms with van der Waals surface area (Å²) >= 11 is 3.33. The van der Waals surface area contributed by atoms with Crippen molar-refractivity contribution in [3.05, 3.63) is 35.4 Å². The van der Waals surface area contributed by atoms with E-state index in [0.29, 0.717) is 18.2 Å². The number of carbonyl (C=O) groups is 1. The van der Waals surface area contributed by atoms with E-state index in [1.165, 1.54) is 6.07 Å². The van der Waals surface area contributed by atoms with Gasteiger partial charge < -0.3 is 5.32 Å². The van der Waals surface area contributed by atoms with Crippen LogP contribution in [0.1, 0.15) is 37.0 Å². The highest BCUT2D eigenvalue weighted by atomic mass is 79.9. The van der Waals surface area contributed by atoms with Crippen LogP contribution >= 0.6 is 15.9 Å². The van der Waals surface area contributed by atoms with Crippen molar-refractivity contribution < 1.29 is 13.6 Å². The standard InChI is InChI=1S/C13H16BrF2NO/c1-3-13(4-2,8-14)17-12(18)11-9(15)6-5-7-10(11)16/h5-7H,3-4,8H2,1-2H3,(H,17,18). The van der Waals surface area contributed by atoms with E-state index in [9.17, 15) is 13.6 Å². The van der Waals surface area contributed by atoms with E-state index >= 15 is 0 Å². The summed E-state index contributed by atoms with van der Waals surface area (Å²) in [5.41, 5.74) is -1.00. The lowest BCUT2D eigenvalue weighted by Crippen LogP contribution is -2.49. The maximum absolute atomic E-state index is 13.5. The molecule has 0 fully saturated rings. The van der Waals surface area contributed by atoms with Crippen LogP contribution in [0.15, 0.2) is 18.2 Å². The maximum Gasteiger partial charge on any atom is 0.257 e. The summed E-state index contributed by atoms with van der Waals surface area (Å²) in [5, 5.41) is 3.25. The van der Waals surface area contributed by atoms with Crippen LogP contribution in [0.2, 0.25) is 0 Å². The third-order valence-corrected chi connectivity index (χ3v) is 4.25. The first-order valence-corrected chi connectivity index (χ1v) is 6.94. The number of carbonyl (C=O) groups excluding carboxylic acids is 1. The van der Waals surface area contributed by atoms with E-state index in [0.717, 1.165) is 12.1 Å². The predicted molar refractivity (Wildman–Crippen MR) is 70.9 cm³/mol. The summed E-state index contributed by atoms with van der Waals surface area (Å²) in [7, 11) is 0. The van der Waals surface area contributed by atoms with Crippen LogP contribution in [-0.2, 0) is 0 Å². The Morgan fingerprint density at radius 2 is 1.78 bits per heavy atom. The highest BCUT2D eigenvalue weighted by Gasteiger charge is 2.29. The Balaban J connectivity index is 3.02. The van der Waals surface area contributed by atoms with Crippen molar-refractivity contribution in [3.8, 4) is 0 Å². The van der Waals surface area contributed by atoms with Crippen LogP contribution in [0.4, 0.5) is 8.78 Å². The second kappa shape index (κ2) is 6.27. The molecule has 1 rings (SSSR count). The molecule has 0 unspecified atom stereocenters. The zero-order chi connectivity index (χ0) is 13.8. The average molecular weight is 320 g/mol. The van der Waals surface area contributed by atoms with Crippen LogP contribution in [-0.4, -0.2) is 16.8 Å². The van der Waals surface area contributed by atoms with Gasteiger partial charge in [0.15, 0.2) is 0 Å². The maximum atomic E-state index is 13.5. The third kappa shape index (κ3) is 3.07. The van der Waals surface area contributed by atoms with Crippen LogP contribution in [0.5, 0.6) is 0 Å². The van der Waals surface area contributed by atoms with Crippen molar-refractivity contribution >= 4 is 21.8 Å². The van der Waals surface area contributed by atoms with E-state index in [1.807, 2.05) is 13.8 Å². The largest absolute Gasteiger partial charge is 0.346 e.